The van der Waals surface area contributed by atoms with Gasteiger partial charge in [-0.2, -0.15) is 0 Å². The second-order valence-electron chi connectivity index (χ2n) is 5.51. The fourth-order valence-corrected chi connectivity index (χ4v) is 2.45. The number of nitrogens with zero attached hydrogens (tertiary/aromatic N) is 2. The van der Waals surface area contributed by atoms with Gasteiger partial charge in [-0.05, 0) is 50.6 Å². The van der Waals surface area contributed by atoms with Crippen LogP contribution in [0.25, 0.3) is 0 Å². The molecule has 0 spiro atoms. The molecule has 1 N–H and O–H groups in total. The van der Waals surface area contributed by atoms with Crippen molar-refractivity contribution in [3.8, 4) is 0 Å². The molecule has 3 nitrogen and oxygen atoms in total. The van der Waals surface area contributed by atoms with Crippen molar-refractivity contribution in [2.75, 3.05) is 0 Å². The molecule has 0 atom stereocenters. The van der Waals surface area contributed by atoms with Crippen LogP contribution in [0.2, 0.25) is 0 Å². The molecular weight excluding hydrogens is 273 g/mol. The molecule has 0 amide bonds. The Bertz CT molecular complexity index is 567. The van der Waals surface area contributed by atoms with Gasteiger partial charge in [-0.1, -0.05) is 11.8 Å². The minimum absolute atomic E-state index is 0.0107. The van der Waals surface area contributed by atoms with E-state index in [1.54, 1.807) is 18.3 Å². The van der Waals surface area contributed by atoms with Gasteiger partial charge in [-0.3, -0.25) is 0 Å². The van der Waals surface area contributed by atoms with Crippen LogP contribution in [0.15, 0.2) is 46.7 Å². The molecule has 0 unspecified atom stereocenters. The smallest absolute Gasteiger partial charge is 0.123 e. The summed E-state index contributed by atoms with van der Waals surface area (Å²) in [7, 11) is 0. The molecule has 0 fully saturated rings. The second-order valence-corrected chi connectivity index (χ2v) is 6.57. The summed E-state index contributed by atoms with van der Waals surface area (Å²) in [5.74, 6) is -0.220. The van der Waals surface area contributed by atoms with Crippen molar-refractivity contribution >= 4 is 11.8 Å². The molecule has 106 valence electrons. The van der Waals surface area contributed by atoms with Crippen molar-refractivity contribution in [1.29, 1.82) is 0 Å². The van der Waals surface area contributed by atoms with Crippen LogP contribution in [0.4, 0.5) is 4.39 Å². The standard InChI is InChI=1S/C15H18FN3S/c1-15(2,3)19-9-11-8-12(16)4-5-13(11)20-14-6-7-17-10-18-14/h4-8,10,19H,9H2,1-3H3. The van der Waals surface area contributed by atoms with Crippen LogP contribution >= 0.6 is 11.8 Å². The van der Waals surface area contributed by atoms with Gasteiger partial charge in [-0.15, -0.1) is 0 Å². The van der Waals surface area contributed by atoms with Gasteiger partial charge in [0.2, 0.25) is 0 Å². The highest BCUT2D eigenvalue weighted by Crippen LogP contribution is 2.29. The Kier molecular flexibility index (Phi) is 4.73. The number of hydrogen-bond donors (Lipinski definition) is 1. The zero-order valence-electron chi connectivity index (χ0n) is 11.9. The number of benzene rings is 1. The lowest BCUT2D eigenvalue weighted by Gasteiger charge is -2.21. The van der Waals surface area contributed by atoms with Crippen molar-refractivity contribution < 1.29 is 4.39 Å². The van der Waals surface area contributed by atoms with E-state index in [9.17, 15) is 4.39 Å². The van der Waals surface area contributed by atoms with Crippen LogP contribution < -0.4 is 5.32 Å². The van der Waals surface area contributed by atoms with Gasteiger partial charge in [0.1, 0.15) is 17.2 Å². The second kappa shape index (κ2) is 6.33. The number of rotatable bonds is 4. The van der Waals surface area contributed by atoms with E-state index in [4.69, 9.17) is 0 Å². The Morgan fingerprint density at radius 3 is 2.70 bits per heavy atom. The molecule has 0 aliphatic heterocycles. The fraction of sp³-hybridized carbons (Fsp3) is 0.333. The monoisotopic (exact) mass is 291 g/mol. The van der Waals surface area contributed by atoms with Gasteiger partial charge >= 0.3 is 0 Å². The van der Waals surface area contributed by atoms with Crippen LogP contribution in [0.5, 0.6) is 0 Å². The van der Waals surface area contributed by atoms with E-state index >= 15 is 0 Å². The molecule has 0 saturated carbocycles. The van der Waals surface area contributed by atoms with E-state index in [1.807, 2.05) is 6.07 Å². The Labute approximate surface area is 123 Å². The first-order chi connectivity index (χ1) is 9.44. The molecule has 1 aromatic carbocycles. The lowest BCUT2D eigenvalue weighted by Crippen LogP contribution is -2.35. The van der Waals surface area contributed by atoms with Gasteiger partial charge in [0.05, 0.1) is 0 Å². The van der Waals surface area contributed by atoms with Crippen LogP contribution in [-0.4, -0.2) is 15.5 Å². The Morgan fingerprint density at radius 2 is 2.05 bits per heavy atom. The number of aromatic nitrogens is 2. The first kappa shape index (κ1) is 14.9. The zero-order valence-corrected chi connectivity index (χ0v) is 12.7. The van der Waals surface area contributed by atoms with E-state index in [0.717, 1.165) is 15.5 Å². The summed E-state index contributed by atoms with van der Waals surface area (Å²) in [6.07, 6.45) is 3.21. The Balaban J connectivity index is 2.19. The summed E-state index contributed by atoms with van der Waals surface area (Å²) in [5.41, 5.74) is 0.923. The lowest BCUT2D eigenvalue weighted by atomic mass is 10.1. The van der Waals surface area contributed by atoms with Crippen LogP contribution in [0.1, 0.15) is 26.3 Å². The minimum atomic E-state index is -0.220. The molecule has 2 aromatic rings. The molecule has 1 heterocycles. The van der Waals surface area contributed by atoms with Gasteiger partial charge in [0.25, 0.3) is 0 Å². The molecule has 1 aromatic heterocycles. The molecule has 0 radical (unpaired) electrons. The summed E-state index contributed by atoms with van der Waals surface area (Å²) in [6, 6.07) is 6.68. The van der Waals surface area contributed by atoms with Crippen LogP contribution in [0.3, 0.4) is 0 Å². The van der Waals surface area contributed by atoms with Crippen molar-refractivity contribution in [2.24, 2.45) is 0 Å². The summed E-state index contributed by atoms with van der Waals surface area (Å²) in [6.45, 7) is 6.88. The molecule has 2 rings (SSSR count). The first-order valence-electron chi connectivity index (χ1n) is 6.41. The highest BCUT2D eigenvalue weighted by Gasteiger charge is 2.12. The van der Waals surface area contributed by atoms with E-state index in [0.29, 0.717) is 6.54 Å². The SMILES string of the molecule is CC(C)(C)NCc1cc(F)ccc1Sc1ccncn1. The summed E-state index contributed by atoms with van der Waals surface area (Å²) >= 11 is 1.52. The van der Waals surface area contributed by atoms with Gasteiger partial charge in [-0.25, -0.2) is 14.4 Å². The minimum Gasteiger partial charge on any atom is -0.308 e. The van der Waals surface area contributed by atoms with Crippen molar-refractivity contribution in [1.82, 2.24) is 15.3 Å². The highest BCUT2D eigenvalue weighted by atomic mass is 32.2. The third-order valence-electron chi connectivity index (χ3n) is 2.60. The Hall–Kier alpha value is -1.46. The molecule has 0 bridgehead atoms. The van der Waals surface area contributed by atoms with Gasteiger partial charge < -0.3 is 5.32 Å². The summed E-state index contributed by atoms with van der Waals surface area (Å²) in [4.78, 5) is 9.08. The summed E-state index contributed by atoms with van der Waals surface area (Å²) < 4.78 is 13.4. The molecule has 0 aliphatic carbocycles. The normalized spacial score (nSPS) is 11.6. The third kappa shape index (κ3) is 4.58. The van der Waals surface area contributed by atoms with E-state index in [-0.39, 0.29) is 11.4 Å². The number of nitrogens with one attached hydrogen (secondary N) is 1. The first-order valence-corrected chi connectivity index (χ1v) is 7.23. The van der Waals surface area contributed by atoms with E-state index < -0.39 is 0 Å². The maximum Gasteiger partial charge on any atom is 0.123 e. The predicted molar refractivity (Wildman–Crippen MR) is 79.1 cm³/mol. The molecule has 20 heavy (non-hydrogen) atoms. The highest BCUT2D eigenvalue weighted by molar-refractivity contribution is 7.99. The topological polar surface area (TPSA) is 37.8 Å². The number of hydrogen-bond acceptors (Lipinski definition) is 4. The number of halogens is 1. The quantitative estimate of drug-likeness (QED) is 0.873. The zero-order chi connectivity index (χ0) is 14.6. The summed E-state index contributed by atoms with van der Waals surface area (Å²) in [5, 5.41) is 4.23. The van der Waals surface area contributed by atoms with E-state index in [2.05, 4.69) is 36.1 Å². The average Bonchev–Trinajstić information content (AvgIpc) is 2.39. The average molecular weight is 291 g/mol. The molecule has 5 heteroatoms. The lowest BCUT2D eigenvalue weighted by molar-refractivity contribution is 0.422. The Morgan fingerprint density at radius 1 is 1.25 bits per heavy atom. The van der Waals surface area contributed by atoms with Crippen molar-refractivity contribution in [3.05, 3.63) is 48.2 Å². The van der Waals surface area contributed by atoms with E-state index in [1.165, 1.54) is 24.2 Å². The maximum absolute atomic E-state index is 13.4. The van der Waals surface area contributed by atoms with Crippen molar-refractivity contribution in [2.45, 2.75) is 42.8 Å². The molecular formula is C15H18FN3S. The van der Waals surface area contributed by atoms with Gasteiger partial charge in [0.15, 0.2) is 0 Å². The molecule has 0 aliphatic rings. The molecule has 0 saturated heterocycles. The maximum atomic E-state index is 13.4. The third-order valence-corrected chi connectivity index (χ3v) is 3.67. The van der Waals surface area contributed by atoms with Crippen LogP contribution in [-0.2, 0) is 6.54 Å². The fourth-order valence-electron chi connectivity index (χ4n) is 1.60. The predicted octanol–water partition coefficient (Wildman–Crippen LogP) is 3.66. The largest absolute Gasteiger partial charge is 0.308 e. The van der Waals surface area contributed by atoms with Crippen molar-refractivity contribution in [3.63, 3.8) is 0 Å². The van der Waals surface area contributed by atoms with Crippen LogP contribution in [0, 0.1) is 5.82 Å². The van der Waals surface area contributed by atoms with Gasteiger partial charge in [0, 0.05) is 23.2 Å².